The second kappa shape index (κ2) is 7.52. The highest BCUT2D eigenvalue weighted by Gasteiger charge is 2.16. The van der Waals surface area contributed by atoms with E-state index in [1.165, 1.54) is 19.2 Å². The number of ether oxygens (including phenoxy) is 1. The molecule has 6 aromatic rings. The molecule has 2 N–H and O–H groups in total. The Balaban J connectivity index is 1.50. The summed E-state index contributed by atoms with van der Waals surface area (Å²) in [5.41, 5.74) is 6.30. The van der Waals surface area contributed by atoms with Gasteiger partial charge in [-0.15, -0.1) is 0 Å². The number of benzene rings is 2. The predicted molar refractivity (Wildman–Crippen MR) is 124 cm³/mol. The third-order valence-electron chi connectivity index (χ3n) is 5.58. The van der Waals surface area contributed by atoms with Crippen molar-refractivity contribution >= 4 is 21.9 Å². The number of H-pyrrole nitrogens is 2. The van der Waals surface area contributed by atoms with Crippen molar-refractivity contribution in [1.29, 1.82) is 0 Å². The van der Waals surface area contributed by atoms with E-state index in [1.54, 1.807) is 24.7 Å². The van der Waals surface area contributed by atoms with E-state index < -0.39 is 0 Å². The van der Waals surface area contributed by atoms with Crippen LogP contribution in [0.2, 0.25) is 0 Å². The molecule has 2 aromatic carbocycles. The molecule has 7 nitrogen and oxygen atoms in total. The van der Waals surface area contributed by atoms with E-state index in [9.17, 15) is 4.39 Å². The number of aromatic nitrogens is 6. The molecule has 4 aromatic heterocycles. The van der Waals surface area contributed by atoms with E-state index in [2.05, 4.69) is 25.1 Å². The van der Waals surface area contributed by atoms with Crippen LogP contribution in [-0.2, 0) is 0 Å². The monoisotopic (exact) mass is 436 g/mol. The summed E-state index contributed by atoms with van der Waals surface area (Å²) in [6.07, 6.45) is 5.23. The summed E-state index contributed by atoms with van der Waals surface area (Å²) in [5.74, 6) is 0.692. The summed E-state index contributed by atoms with van der Waals surface area (Å²) >= 11 is 0. The van der Waals surface area contributed by atoms with Gasteiger partial charge >= 0.3 is 0 Å². The summed E-state index contributed by atoms with van der Waals surface area (Å²) in [5, 5.41) is 8.41. The molecule has 160 valence electrons. The number of rotatable bonds is 4. The zero-order valence-electron chi connectivity index (χ0n) is 17.5. The summed E-state index contributed by atoms with van der Waals surface area (Å²) < 4.78 is 19.4. The smallest absolute Gasteiger partial charge is 0.159 e. The second-order valence-electron chi connectivity index (χ2n) is 7.59. The zero-order valence-corrected chi connectivity index (χ0v) is 17.5. The van der Waals surface area contributed by atoms with Gasteiger partial charge in [-0.3, -0.25) is 15.1 Å². The van der Waals surface area contributed by atoms with Crippen LogP contribution in [0.4, 0.5) is 4.39 Å². The molecule has 0 saturated carbocycles. The lowest BCUT2D eigenvalue weighted by Crippen LogP contribution is -1.88. The maximum absolute atomic E-state index is 14.1. The van der Waals surface area contributed by atoms with Crippen LogP contribution in [0, 0.1) is 5.82 Å². The van der Waals surface area contributed by atoms with Crippen LogP contribution < -0.4 is 4.74 Å². The molecule has 0 bridgehead atoms. The number of pyridine rings is 2. The van der Waals surface area contributed by atoms with Gasteiger partial charge in [0, 0.05) is 35.0 Å². The Hall–Kier alpha value is -4.59. The third kappa shape index (κ3) is 3.28. The van der Waals surface area contributed by atoms with Gasteiger partial charge in [-0.25, -0.2) is 9.37 Å². The minimum absolute atomic E-state index is 0.369. The van der Waals surface area contributed by atoms with Crippen molar-refractivity contribution in [2.24, 2.45) is 0 Å². The number of aromatic amines is 2. The standard InChI is InChI=1S/C25H17FN6O/c1-33-17-10-15(9-16(26)11-17)18-3-2-4-20-23(18)30-25(29-20)24-19-12-21(14-5-7-27-8-6-14)28-13-22(19)31-32-24/h2-13H,1H3,(H,29,30)(H,31,32). The van der Waals surface area contributed by atoms with Crippen LogP contribution in [0.5, 0.6) is 5.75 Å². The molecule has 0 aliphatic heterocycles. The molecule has 0 aliphatic carbocycles. The SMILES string of the molecule is COc1cc(F)cc(-c2cccc3[nH]c(-c4n[nH]c5cnc(-c6ccncc6)cc45)nc23)c1. The van der Waals surface area contributed by atoms with Crippen LogP contribution >= 0.6 is 0 Å². The number of methoxy groups -OCH3 is 1. The summed E-state index contributed by atoms with van der Waals surface area (Å²) in [6.45, 7) is 0. The summed E-state index contributed by atoms with van der Waals surface area (Å²) in [6, 6.07) is 16.2. The molecular weight excluding hydrogens is 419 g/mol. The van der Waals surface area contributed by atoms with Crippen LogP contribution in [0.15, 0.2) is 73.2 Å². The molecule has 0 amide bonds. The fourth-order valence-electron chi connectivity index (χ4n) is 3.99. The summed E-state index contributed by atoms with van der Waals surface area (Å²) in [4.78, 5) is 16.8. The molecule has 0 atom stereocenters. The van der Waals surface area contributed by atoms with Crippen LogP contribution in [-0.4, -0.2) is 37.2 Å². The molecule has 0 radical (unpaired) electrons. The van der Waals surface area contributed by atoms with E-state index in [0.29, 0.717) is 22.8 Å². The van der Waals surface area contributed by atoms with Crippen molar-refractivity contribution in [1.82, 2.24) is 30.1 Å². The molecule has 0 fully saturated rings. The van der Waals surface area contributed by atoms with Gasteiger partial charge in [0.05, 0.1) is 35.6 Å². The van der Waals surface area contributed by atoms with Crippen molar-refractivity contribution in [3.8, 4) is 39.7 Å². The Kier molecular flexibility index (Phi) is 4.36. The minimum Gasteiger partial charge on any atom is -0.497 e. The van der Waals surface area contributed by atoms with Gasteiger partial charge < -0.3 is 9.72 Å². The predicted octanol–water partition coefficient (Wildman–Crippen LogP) is 5.38. The number of nitrogens with one attached hydrogen (secondary N) is 2. The molecule has 6 rings (SSSR count). The number of nitrogens with zero attached hydrogens (tertiary/aromatic N) is 4. The van der Waals surface area contributed by atoms with Gasteiger partial charge in [-0.1, -0.05) is 12.1 Å². The molecule has 8 heteroatoms. The van der Waals surface area contributed by atoms with Gasteiger partial charge in [-0.05, 0) is 42.0 Å². The fourth-order valence-corrected chi connectivity index (χ4v) is 3.99. The highest BCUT2D eigenvalue weighted by atomic mass is 19.1. The first-order chi connectivity index (χ1) is 16.2. The lowest BCUT2D eigenvalue weighted by atomic mass is 10.0. The number of hydrogen-bond donors (Lipinski definition) is 2. The largest absolute Gasteiger partial charge is 0.497 e. The molecule has 0 spiro atoms. The molecular formula is C25H17FN6O. The first-order valence-electron chi connectivity index (χ1n) is 10.3. The Morgan fingerprint density at radius 1 is 0.939 bits per heavy atom. The topological polar surface area (TPSA) is 92.4 Å². The Morgan fingerprint density at radius 2 is 1.82 bits per heavy atom. The van der Waals surface area contributed by atoms with Crippen LogP contribution in [0.1, 0.15) is 0 Å². The number of halogens is 1. The van der Waals surface area contributed by atoms with Gasteiger partial charge in [-0.2, -0.15) is 5.10 Å². The van der Waals surface area contributed by atoms with Gasteiger partial charge in [0.1, 0.15) is 17.3 Å². The Morgan fingerprint density at radius 3 is 2.67 bits per heavy atom. The maximum atomic E-state index is 14.1. The van der Waals surface area contributed by atoms with Crippen molar-refractivity contribution in [2.45, 2.75) is 0 Å². The van der Waals surface area contributed by atoms with Crippen LogP contribution in [0.25, 0.3) is 55.8 Å². The lowest BCUT2D eigenvalue weighted by Gasteiger charge is -2.06. The van der Waals surface area contributed by atoms with E-state index in [0.717, 1.165) is 38.8 Å². The highest BCUT2D eigenvalue weighted by molar-refractivity contribution is 5.97. The minimum atomic E-state index is -0.369. The molecule has 4 heterocycles. The molecule has 0 saturated heterocycles. The normalized spacial score (nSPS) is 11.3. The van der Waals surface area contributed by atoms with E-state index in [-0.39, 0.29) is 5.82 Å². The van der Waals surface area contributed by atoms with E-state index >= 15 is 0 Å². The second-order valence-corrected chi connectivity index (χ2v) is 7.59. The van der Waals surface area contributed by atoms with Gasteiger partial charge in [0.25, 0.3) is 0 Å². The quantitative estimate of drug-likeness (QED) is 0.387. The van der Waals surface area contributed by atoms with Crippen molar-refractivity contribution in [2.75, 3.05) is 7.11 Å². The van der Waals surface area contributed by atoms with Crippen molar-refractivity contribution < 1.29 is 9.13 Å². The zero-order chi connectivity index (χ0) is 22.4. The highest BCUT2D eigenvalue weighted by Crippen LogP contribution is 2.34. The lowest BCUT2D eigenvalue weighted by molar-refractivity contribution is 0.411. The maximum Gasteiger partial charge on any atom is 0.159 e. The average Bonchev–Trinajstić information content (AvgIpc) is 3.47. The third-order valence-corrected chi connectivity index (χ3v) is 5.58. The summed E-state index contributed by atoms with van der Waals surface area (Å²) in [7, 11) is 1.52. The van der Waals surface area contributed by atoms with Crippen molar-refractivity contribution in [3.63, 3.8) is 0 Å². The Labute approximate surface area is 187 Å². The molecule has 33 heavy (non-hydrogen) atoms. The van der Waals surface area contributed by atoms with Gasteiger partial charge in [0.15, 0.2) is 5.82 Å². The number of para-hydroxylation sites is 1. The van der Waals surface area contributed by atoms with E-state index in [4.69, 9.17) is 9.72 Å². The molecule has 0 unspecified atom stereocenters. The van der Waals surface area contributed by atoms with Gasteiger partial charge in [0.2, 0.25) is 0 Å². The van der Waals surface area contributed by atoms with Crippen LogP contribution in [0.3, 0.4) is 0 Å². The van der Waals surface area contributed by atoms with E-state index in [1.807, 2.05) is 36.4 Å². The Bertz CT molecular complexity index is 1620. The number of fused-ring (bicyclic) bond motifs is 2. The molecule has 0 aliphatic rings. The average molecular weight is 436 g/mol. The number of hydrogen-bond acceptors (Lipinski definition) is 5. The first-order valence-corrected chi connectivity index (χ1v) is 10.3. The van der Waals surface area contributed by atoms with Crippen molar-refractivity contribution in [3.05, 3.63) is 79.0 Å². The first kappa shape index (κ1) is 19.1. The fraction of sp³-hybridized carbons (Fsp3) is 0.0400. The number of imidazole rings is 1.